The number of hydrogen-bond acceptors (Lipinski definition) is 5. The van der Waals surface area contributed by atoms with Gasteiger partial charge >= 0.3 is 0 Å². The van der Waals surface area contributed by atoms with Crippen LogP contribution in [0.15, 0.2) is 12.1 Å². The maximum absolute atomic E-state index is 13.2. The summed E-state index contributed by atoms with van der Waals surface area (Å²) < 4.78 is 11.7. The molecule has 0 radical (unpaired) electrons. The van der Waals surface area contributed by atoms with Crippen molar-refractivity contribution in [2.45, 2.75) is 55.6 Å². The average Bonchev–Trinajstić information content (AvgIpc) is 3.04. The lowest BCUT2D eigenvalue weighted by molar-refractivity contribution is -0.132. The van der Waals surface area contributed by atoms with Crippen LogP contribution in [0.5, 0.6) is 11.5 Å². The summed E-state index contributed by atoms with van der Waals surface area (Å²) in [4.78, 5) is 15.4. The molecule has 0 N–H and O–H groups in total. The number of carbonyl (C=O) groups excluding carboxylic acids is 1. The van der Waals surface area contributed by atoms with Gasteiger partial charge < -0.3 is 14.4 Å². The number of carbonyl (C=O) groups is 1. The number of benzene rings is 1. The third kappa shape index (κ3) is 3.20. The highest BCUT2D eigenvalue weighted by Gasteiger charge is 2.58. The number of thioether (sulfide) groups is 2. The van der Waals surface area contributed by atoms with Crippen molar-refractivity contribution in [1.82, 2.24) is 4.90 Å². The molecule has 0 aromatic heterocycles. The molecule has 3 heterocycles. The van der Waals surface area contributed by atoms with Crippen molar-refractivity contribution < 1.29 is 14.3 Å². The van der Waals surface area contributed by atoms with Gasteiger partial charge in [-0.25, -0.2) is 0 Å². The number of nitrogens with zero attached hydrogens (tertiary/aromatic N) is 1. The van der Waals surface area contributed by atoms with Gasteiger partial charge in [0.05, 0.1) is 24.3 Å². The molecule has 154 valence electrons. The van der Waals surface area contributed by atoms with E-state index in [9.17, 15) is 4.79 Å². The Morgan fingerprint density at radius 3 is 2.57 bits per heavy atom. The van der Waals surface area contributed by atoms with Gasteiger partial charge in [-0.1, -0.05) is 19.8 Å². The van der Waals surface area contributed by atoms with Crippen molar-refractivity contribution >= 4 is 29.4 Å². The summed E-state index contributed by atoms with van der Waals surface area (Å²) in [6.45, 7) is 3.07. The first kappa shape index (κ1) is 20.3. The smallest absolute Gasteiger partial charge is 0.223 e. The van der Waals surface area contributed by atoms with Gasteiger partial charge in [-0.3, -0.25) is 4.79 Å². The van der Waals surface area contributed by atoms with Gasteiger partial charge in [0.1, 0.15) is 0 Å². The van der Waals surface area contributed by atoms with Crippen LogP contribution in [0.4, 0.5) is 0 Å². The van der Waals surface area contributed by atoms with E-state index >= 15 is 0 Å². The molecule has 2 atom stereocenters. The summed E-state index contributed by atoms with van der Waals surface area (Å²) in [5.74, 6) is 4.70. The van der Waals surface area contributed by atoms with Crippen LogP contribution in [0.1, 0.15) is 50.2 Å². The van der Waals surface area contributed by atoms with E-state index in [4.69, 9.17) is 9.47 Å². The number of amides is 1. The Morgan fingerprint density at radius 2 is 1.89 bits per heavy atom. The Hall–Kier alpha value is -1.01. The van der Waals surface area contributed by atoms with E-state index in [1.165, 1.54) is 29.1 Å². The minimum Gasteiger partial charge on any atom is -0.493 e. The monoisotopic (exact) mass is 421 g/mol. The number of ether oxygens (including phenoxy) is 2. The summed E-state index contributed by atoms with van der Waals surface area (Å²) in [5, 5.41) is 0. The Kier molecular flexibility index (Phi) is 6.07. The van der Waals surface area contributed by atoms with Crippen LogP contribution in [-0.2, 0) is 16.8 Å². The van der Waals surface area contributed by atoms with Gasteiger partial charge in [0.25, 0.3) is 0 Å². The topological polar surface area (TPSA) is 38.8 Å². The third-order valence-corrected chi connectivity index (χ3v) is 9.74. The second-order valence-corrected chi connectivity index (χ2v) is 10.8. The summed E-state index contributed by atoms with van der Waals surface area (Å²) >= 11 is 4.14. The van der Waals surface area contributed by atoms with Crippen molar-refractivity contribution in [3.63, 3.8) is 0 Å². The Labute approximate surface area is 177 Å². The number of hydrogen-bond donors (Lipinski definition) is 0. The van der Waals surface area contributed by atoms with Gasteiger partial charge in [-0.15, -0.1) is 23.5 Å². The van der Waals surface area contributed by atoms with E-state index < -0.39 is 0 Å². The SMILES string of the molecule is CCCC[C@@]12c3cc(OC)c(OC)cc3CCN1C(=O)C[C@H]2C1SCCCS1. The molecule has 1 amide bonds. The molecule has 1 aromatic rings. The highest BCUT2D eigenvalue weighted by atomic mass is 32.2. The number of unbranched alkanes of at least 4 members (excludes halogenated alkanes) is 1. The molecule has 0 unspecified atom stereocenters. The molecule has 6 heteroatoms. The molecular weight excluding hydrogens is 390 g/mol. The second kappa shape index (κ2) is 8.39. The molecule has 4 nitrogen and oxygen atoms in total. The van der Waals surface area contributed by atoms with Crippen LogP contribution >= 0.6 is 23.5 Å². The predicted molar refractivity (Wildman–Crippen MR) is 118 cm³/mol. The lowest BCUT2D eigenvalue weighted by atomic mass is 9.71. The molecule has 28 heavy (non-hydrogen) atoms. The first-order chi connectivity index (χ1) is 13.7. The standard InChI is InChI=1S/C22H31NO3S2/c1-4-5-8-22-16-13-19(26-3)18(25-2)12-15(16)7-9-23(22)20(24)14-17(22)21-27-10-6-11-28-21/h12-13,17,21H,4-11,14H2,1-3H3/t17-,22-/m0/s1. The maximum atomic E-state index is 13.2. The van der Waals surface area contributed by atoms with E-state index in [2.05, 4.69) is 47.5 Å². The largest absolute Gasteiger partial charge is 0.493 e. The Balaban J connectivity index is 1.86. The lowest BCUT2D eigenvalue weighted by Crippen LogP contribution is -2.52. The van der Waals surface area contributed by atoms with E-state index in [1.54, 1.807) is 14.2 Å². The molecule has 2 fully saturated rings. The third-order valence-electron chi connectivity index (χ3n) is 6.56. The molecule has 3 aliphatic rings. The fourth-order valence-electron chi connectivity index (χ4n) is 5.28. The average molecular weight is 422 g/mol. The highest BCUT2D eigenvalue weighted by Crippen LogP contribution is 2.57. The fraction of sp³-hybridized carbons (Fsp3) is 0.682. The molecular formula is C22H31NO3S2. The Bertz CT molecular complexity index is 735. The second-order valence-electron chi connectivity index (χ2n) is 7.96. The number of methoxy groups -OCH3 is 2. The molecule has 1 aromatic carbocycles. The predicted octanol–water partition coefficient (Wildman–Crippen LogP) is 4.69. The number of rotatable bonds is 6. The zero-order chi connectivity index (χ0) is 19.7. The molecule has 0 aliphatic carbocycles. The molecule has 0 saturated carbocycles. The van der Waals surface area contributed by atoms with Crippen LogP contribution in [0.25, 0.3) is 0 Å². The first-order valence-electron chi connectivity index (χ1n) is 10.4. The highest BCUT2D eigenvalue weighted by molar-refractivity contribution is 8.17. The summed E-state index contributed by atoms with van der Waals surface area (Å²) in [6, 6.07) is 4.33. The number of fused-ring (bicyclic) bond motifs is 3. The van der Waals surface area contributed by atoms with Gasteiger partial charge in [0.2, 0.25) is 5.91 Å². The summed E-state index contributed by atoms with van der Waals surface area (Å²) in [7, 11) is 3.40. The van der Waals surface area contributed by atoms with E-state index in [0.717, 1.165) is 43.7 Å². The minimum absolute atomic E-state index is 0.192. The lowest BCUT2D eigenvalue weighted by Gasteiger charge is -2.49. The van der Waals surface area contributed by atoms with Crippen LogP contribution in [0.3, 0.4) is 0 Å². The summed E-state index contributed by atoms with van der Waals surface area (Å²) in [5.41, 5.74) is 2.45. The van der Waals surface area contributed by atoms with Gasteiger partial charge in [0, 0.05) is 18.9 Å². The van der Waals surface area contributed by atoms with Gasteiger partial charge in [-0.05, 0) is 54.0 Å². The van der Waals surface area contributed by atoms with Gasteiger partial charge in [0.15, 0.2) is 11.5 Å². The van der Waals surface area contributed by atoms with Crippen molar-refractivity contribution in [2.75, 3.05) is 32.3 Å². The first-order valence-corrected chi connectivity index (χ1v) is 12.5. The van der Waals surface area contributed by atoms with E-state index in [1.807, 2.05) is 0 Å². The van der Waals surface area contributed by atoms with Crippen molar-refractivity contribution in [2.24, 2.45) is 5.92 Å². The van der Waals surface area contributed by atoms with Crippen LogP contribution in [-0.4, -0.2) is 47.7 Å². The molecule has 4 rings (SSSR count). The maximum Gasteiger partial charge on any atom is 0.223 e. The molecule has 0 bridgehead atoms. The van der Waals surface area contributed by atoms with Crippen molar-refractivity contribution in [3.8, 4) is 11.5 Å². The van der Waals surface area contributed by atoms with Crippen molar-refractivity contribution in [1.29, 1.82) is 0 Å². The molecule has 0 spiro atoms. The summed E-state index contributed by atoms with van der Waals surface area (Å²) in [6.07, 6.45) is 6.18. The van der Waals surface area contributed by atoms with Crippen LogP contribution in [0, 0.1) is 5.92 Å². The zero-order valence-electron chi connectivity index (χ0n) is 17.2. The van der Waals surface area contributed by atoms with Crippen LogP contribution in [0.2, 0.25) is 0 Å². The van der Waals surface area contributed by atoms with Crippen molar-refractivity contribution in [3.05, 3.63) is 23.3 Å². The minimum atomic E-state index is -0.192. The fourth-order valence-corrected chi connectivity index (χ4v) is 8.62. The van der Waals surface area contributed by atoms with Gasteiger partial charge in [-0.2, -0.15) is 0 Å². The Morgan fingerprint density at radius 1 is 1.18 bits per heavy atom. The molecule has 3 aliphatic heterocycles. The zero-order valence-corrected chi connectivity index (χ0v) is 18.8. The normalized spacial score (nSPS) is 27.5. The quantitative estimate of drug-likeness (QED) is 0.666. The van der Waals surface area contributed by atoms with E-state index in [0.29, 0.717) is 22.8 Å². The van der Waals surface area contributed by atoms with E-state index in [-0.39, 0.29) is 5.54 Å². The van der Waals surface area contributed by atoms with Crippen LogP contribution < -0.4 is 9.47 Å². The molecule has 2 saturated heterocycles.